The predicted octanol–water partition coefficient (Wildman–Crippen LogP) is 2.02. The van der Waals surface area contributed by atoms with Gasteiger partial charge in [-0.3, -0.25) is 9.78 Å². The van der Waals surface area contributed by atoms with Crippen LogP contribution in [0.1, 0.15) is 15.2 Å². The van der Waals surface area contributed by atoms with Gasteiger partial charge in [-0.2, -0.15) is 5.10 Å². The molecule has 0 aliphatic heterocycles. The molecule has 78 valence electrons. The molecule has 0 saturated heterocycles. The highest BCUT2D eigenvalue weighted by atomic mass is 32.1. The van der Waals surface area contributed by atoms with Crippen LogP contribution in [0.15, 0.2) is 42.3 Å². The molecule has 0 amide bonds. The molecule has 0 spiro atoms. The molecule has 0 N–H and O–H groups in total. The van der Waals surface area contributed by atoms with Crippen LogP contribution in [0.25, 0.3) is 5.52 Å². The van der Waals surface area contributed by atoms with E-state index in [0.717, 1.165) is 10.4 Å². The van der Waals surface area contributed by atoms with Gasteiger partial charge in [0.2, 0.25) is 5.78 Å². The second-order valence-electron chi connectivity index (χ2n) is 3.27. The van der Waals surface area contributed by atoms with E-state index in [4.69, 9.17) is 0 Å². The number of nitrogens with zero attached hydrogens (tertiary/aromatic N) is 3. The van der Waals surface area contributed by atoms with Crippen LogP contribution in [0, 0.1) is 0 Å². The monoisotopic (exact) mass is 229 g/mol. The van der Waals surface area contributed by atoms with Crippen molar-refractivity contribution < 1.29 is 4.79 Å². The zero-order valence-corrected chi connectivity index (χ0v) is 9.02. The summed E-state index contributed by atoms with van der Waals surface area (Å²) in [5, 5.41) is 6.00. The number of thiophene rings is 1. The van der Waals surface area contributed by atoms with Crippen molar-refractivity contribution in [3.8, 4) is 0 Å². The first-order valence-electron chi connectivity index (χ1n) is 4.72. The van der Waals surface area contributed by atoms with E-state index in [1.165, 1.54) is 11.3 Å². The van der Waals surface area contributed by atoms with Gasteiger partial charge in [0.15, 0.2) is 0 Å². The number of carbonyl (C=O) groups excluding carboxylic acids is 1. The second-order valence-corrected chi connectivity index (χ2v) is 4.22. The Morgan fingerprint density at radius 3 is 3.12 bits per heavy atom. The number of carbonyl (C=O) groups is 1. The summed E-state index contributed by atoms with van der Waals surface area (Å²) in [4.78, 5) is 16.8. The van der Waals surface area contributed by atoms with Gasteiger partial charge in [0.05, 0.1) is 28.4 Å². The number of hydrogen-bond donors (Lipinski definition) is 0. The minimum Gasteiger partial charge on any atom is -0.288 e. The zero-order valence-electron chi connectivity index (χ0n) is 8.20. The van der Waals surface area contributed by atoms with Crippen molar-refractivity contribution in [2.75, 3.05) is 0 Å². The van der Waals surface area contributed by atoms with Gasteiger partial charge in [0.1, 0.15) is 0 Å². The van der Waals surface area contributed by atoms with E-state index in [2.05, 4.69) is 10.1 Å². The predicted molar refractivity (Wildman–Crippen MR) is 60.7 cm³/mol. The third kappa shape index (κ3) is 1.33. The number of rotatable bonds is 2. The Bertz CT molecular complexity index is 642. The molecular formula is C11H7N3OS. The van der Waals surface area contributed by atoms with Crippen molar-refractivity contribution in [1.82, 2.24) is 14.6 Å². The molecule has 3 heterocycles. The van der Waals surface area contributed by atoms with Crippen LogP contribution in [0.5, 0.6) is 0 Å². The van der Waals surface area contributed by atoms with Crippen LogP contribution >= 0.6 is 11.3 Å². The SMILES string of the molecule is O=C(c1cccs1)c1cnn2ccncc12. The Labute approximate surface area is 95.2 Å². The second kappa shape index (κ2) is 3.53. The van der Waals surface area contributed by atoms with E-state index < -0.39 is 0 Å². The van der Waals surface area contributed by atoms with Crippen molar-refractivity contribution in [1.29, 1.82) is 0 Å². The Hall–Kier alpha value is -2.01. The molecule has 0 fully saturated rings. The molecule has 4 nitrogen and oxygen atoms in total. The van der Waals surface area contributed by atoms with Crippen molar-refractivity contribution in [3.63, 3.8) is 0 Å². The lowest BCUT2D eigenvalue weighted by atomic mass is 10.2. The fourth-order valence-corrected chi connectivity index (χ4v) is 2.23. The summed E-state index contributed by atoms with van der Waals surface area (Å²) in [6, 6.07) is 3.68. The van der Waals surface area contributed by atoms with Gasteiger partial charge in [-0.15, -0.1) is 11.3 Å². The van der Waals surface area contributed by atoms with Crippen molar-refractivity contribution in [2.24, 2.45) is 0 Å². The first kappa shape index (κ1) is 9.23. The van der Waals surface area contributed by atoms with Gasteiger partial charge in [0.25, 0.3) is 0 Å². The number of ketones is 1. The molecule has 0 atom stereocenters. The molecule has 0 bridgehead atoms. The van der Waals surface area contributed by atoms with E-state index in [1.54, 1.807) is 29.3 Å². The highest BCUT2D eigenvalue weighted by Crippen LogP contribution is 2.18. The highest BCUT2D eigenvalue weighted by Gasteiger charge is 2.15. The lowest BCUT2D eigenvalue weighted by Crippen LogP contribution is -1.98. The minimum atomic E-state index is -0.00185. The molecule has 3 aromatic rings. The van der Waals surface area contributed by atoms with Crippen molar-refractivity contribution in [2.45, 2.75) is 0 Å². The van der Waals surface area contributed by atoms with Crippen LogP contribution in [0.2, 0.25) is 0 Å². The molecule has 0 unspecified atom stereocenters. The van der Waals surface area contributed by atoms with E-state index in [9.17, 15) is 4.79 Å². The Morgan fingerprint density at radius 1 is 1.38 bits per heavy atom. The normalized spacial score (nSPS) is 10.8. The smallest absolute Gasteiger partial charge is 0.206 e. The van der Waals surface area contributed by atoms with E-state index >= 15 is 0 Å². The number of aromatic nitrogens is 3. The first-order valence-corrected chi connectivity index (χ1v) is 5.60. The fraction of sp³-hybridized carbons (Fsp3) is 0. The first-order chi connectivity index (χ1) is 7.86. The summed E-state index contributed by atoms with van der Waals surface area (Å²) in [5.74, 6) is -0.00185. The average Bonchev–Trinajstić information content (AvgIpc) is 2.98. The molecule has 16 heavy (non-hydrogen) atoms. The van der Waals surface area contributed by atoms with E-state index in [1.807, 2.05) is 17.5 Å². The molecule has 5 heteroatoms. The van der Waals surface area contributed by atoms with E-state index in [-0.39, 0.29) is 5.78 Å². The minimum absolute atomic E-state index is 0.00185. The van der Waals surface area contributed by atoms with Gasteiger partial charge in [-0.1, -0.05) is 6.07 Å². The van der Waals surface area contributed by atoms with Crippen LogP contribution in [-0.4, -0.2) is 20.4 Å². The highest BCUT2D eigenvalue weighted by molar-refractivity contribution is 7.12. The fourth-order valence-electron chi connectivity index (χ4n) is 1.55. The molecule has 0 aliphatic rings. The quantitative estimate of drug-likeness (QED) is 0.632. The zero-order chi connectivity index (χ0) is 11.0. The third-order valence-electron chi connectivity index (χ3n) is 2.31. The molecule has 0 aliphatic carbocycles. The largest absolute Gasteiger partial charge is 0.288 e. The number of hydrogen-bond acceptors (Lipinski definition) is 4. The molecular weight excluding hydrogens is 222 g/mol. The standard InChI is InChI=1S/C11H7N3OS/c15-11(10-2-1-5-16-10)8-6-13-14-4-3-12-7-9(8)14/h1-7H. The van der Waals surface area contributed by atoms with Crippen molar-refractivity contribution >= 4 is 22.6 Å². The lowest BCUT2D eigenvalue weighted by Gasteiger charge is -1.94. The Kier molecular flexibility index (Phi) is 2.04. The summed E-state index contributed by atoms with van der Waals surface area (Å²) < 4.78 is 1.65. The lowest BCUT2D eigenvalue weighted by molar-refractivity contribution is 0.104. The Balaban J connectivity index is 2.16. The van der Waals surface area contributed by atoms with Gasteiger partial charge in [-0.25, -0.2) is 4.52 Å². The average molecular weight is 229 g/mol. The van der Waals surface area contributed by atoms with Gasteiger partial charge in [-0.05, 0) is 11.4 Å². The number of fused-ring (bicyclic) bond motifs is 1. The topological polar surface area (TPSA) is 47.3 Å². The molecule has 3 rings (SSSR count). The summed E-state index contributed by atoms with van der Waals surface area (Å²) in [7, 11) is 0. The Morgan fingerprint density at radius 2 is 2.31 bits per heavy atom. The van der Waals surface area contributed by atoms with E-state index in [0.29, 0.717) is 5.56 Å². The maximum atomic E-state index is 12.1. The summed E-state index contributed by atoms with van der Waals surface area (Å²) >= 11 is 1.43. The van der Waals surface area contributed by atoms with Crippen LogP contribution in [0.4, 0.5) is 0 Å². The summed E-state index contributed by atoms with van der Waals surface area (Å²) in [5.41, 5.74) is 1.33. The third-order valence-corrected chi connectivity index (χ3v) is 3.18. The molecule has 0 saturated carbocycles. The van der Waals surface area contributed by atoms with Gasteiger partial charge >= 0.3 is 0 Å². The van der Waals surface area contributed by atoms with Crippen LogP contribution < -0.4 is 0 Å². The maximum absolute atomic E-state index is 12.1. The molecule has 0 radical (unpaired) electrons. The van der Waals surface area contributed by atoms with Crippen LogP contribution in [0.3, 0.4) is 0 Å². The van der Waals surface area contributed by atoms with Crippen LogP contribution in [-0.2, 0) is 0 Å². The van der Waals surface area contributed by atoms with Crippen molar-refractivity contribution in [3.05, 3.63) is 52.7 Å². The summed E-state index contributed by atoms with van der Waals surface area (Å²) in [6.45, 7) is 0. The maximum Gasteiger partial charge on any atom is 0.206 e. The summed E-state index contributed by atoms with van der Waals surface area (Å²) in [6.07, 6.45) is 6.59. The molecule has 3 aromatic heterocycles. The van der Waals surface area contributed by atoms with Gasteiger partial charge < -0.3 is 0 Å². The molecule has 0 aromatic carbocycles. The van der Waals surface area contributed by atoms with Gasteiger partial charge in [0, 0.05) is 12.4 Å².